The number of halogens is 1. The molecule has 0 aliphatic heterocycles. The number of aromatic carboxylic acids is 1. The number of hydrogen-bond donors (Lipinski definition) is 3. The first-order valence-electron chi connectivity index (χ1n) is 6.04. The van der Waals surface area contributed by atoms with E-state index in [0.717, 1.165) is 6.07 Å². The summed E-state index contributed by atoms with van der Waals surface area (Å²) in [6.07, 6.45) is 0.590. The van der Waals surface area contributed by atoms with E-state index in [-0.39, 0.29) is 17.3 Å². The second-order valence-electron chi connectivity index (χ2n) is 4.25. The van der Waals surface area contributed by atoms with E-state index in [0.29, 0.717) is 13.0 Å². The van der Waals surface area contributed by atoms with Crippen molar-refractivity contribution < 1.29 is 23.8 Å². The number of carboxylic acids is 1. The van der Waals surface area contributed by atoms with Crippen LogP contribution in [-0.2, 0) is 4.74 Å². The number of urea groups is 1. The molecular formula is C13H17FN2O4. The smallest absolute Gasteiger partial charge is 0.337 e. The number of anilines is 1. The average molecular weight is 284 g/mol. The molecule has 1 rings (SSSR count). The number of carbonyl (C=O) groups is 2. The quantitative estimate of drug-likeness (QED) is 0.746. The zero-order chi connectivity index (χ0) is 15.1. The number of amides is 2. The molecule has 1 unspecified atom stereocenters. The van der Waals surface area contributed by atoms with E-state index in [1.165, 1.54) is 12.1 Å². The lowest BCUT2D eigenvalue weighted by Crippen LogP contribution is -2.37. The van der Waals surface area contributed by atoms with Crippen molar-refractivity contribution in [2.24, 2.45) is 0 Å². The molecule has 0 heterocycles. The van der Waals surface area contributed by atoms with Gasteiger partial charge in [0.1, 0.15) is 5.82 Å². The summed E-state index contributed by atoms with van der Waals surface area (Å²) in [6.45, 7) is 2.24. The summed E-state index contributed by atoms with van der Waals surface area (Å²) < 4.78 is 18.5. The van der Waals surface area contributed by atoms with Crippen molar-refractivity contribution in [1.29, 1.82) is 0 Å². The molecule has 0 saturated carbocycles. The van der Waals surface area contributed by atoms with Crippen LogP contribution in [0.5, 0.6) is 0 Å². The minimum Gasteiger partial charge on any atom is -0.478 e. The molecule has 0 bridgehead atoms. The molecule has 0 fully saturated rings. The number of hydrogen-bond acceptors (Lipinski definition) is 3. The Balaban J connectivity index is 2.73. The molecule has 0 saturated heterocycles. The number of rotatable bonds is 6. The Labute approximate surface area is 115 Å². The maximum absolute atomic E-state index is 13.6. The highest BCUT2D eigenvalue weighted by Gasteiger charge is 2.17. The third kappa shape index (κ3) is 4.51. The van der Waals surface area contributed by atoms with Crippen molar-refractivity contribution in [2.75, 3.05) is 19.0 Å². The number of ether oxygens (including phenoxy) is 1. The maximum atomic E-state index is 13.6. The van der Waals surface area contributed by atoms with Crippen LogP contribution in [0.1, 0.15) is 23.7 Å². The van der Waals surface area contributed by atoms with Gasteiger partial charge in [-0.2, -0.15) is 0 Å². The SMILES string of the molecule is COCCC(C)NC(=O)Nc1c(F)cccc1C(=O)O. The van der Waals surface area contributed by atoms with Crippen LogP contribution in [0.2, 0.25) is 0 Å². The molecular weight excluding hydrogens is 267 g/mol. The van der Waals surface area contributed by atoms with E-state index < -0.39 is 17.8 Å². The highest BCUT2D eigenvalue weighted by atomic mass is 19.1. The minimum atomic E-state index is -1.31. The largest absolute Gasteiger partial charge is 0.478 e. The molecule has 0 aliphatic rings. The molecule has 110 valence electrons. The van der Waals surface area contributed by atoms with Crippen molar-refractivity contribution in [1.82, 2.24) is 5.32 Å². The van der Waals surface area contributed by atoms with Gasteiger partial charge in [0.2, 0.25) is 0 Å². The topological polar surface area (TPSA) is 87.7 Å². The minimum absolute atomic E-state index is 0.185. The first-order chi connectivity index (χ1) is 9.45. The van der Waals surface area contributed by atoms with Crippen LogP contribution in [0, 0.1) is 5.82 Å². The van der Waals surface area contributed by atoms with Crippen molar-refractivity contribution in [3.8, 4) is 0 Å². The number of methoxy groups -OCH3 is 1. The summed E-state index contributed by atoms with van der Waals surface area (Å²) in [5.74, 6) is -2.11. The van der Waals surface area contributed by atoms with Crippen LogP contribution in [-0.4, -0.2) is 36.9 Å². The predicted octanol–water partition coefficient (Wildman–Crippen LogP) is 2.07. The van der Waals surface area contributed by atoms with Crippen molar-refractivity contribution in [2.45, 2.75) is 19.4 Å². The highest BCUT2D eigenvalue weighted by molar-refractivity contribution is 6.00. The van der Waals surface area contributed by atoms with Gasteiger partial charge in [0.05, 0.1) is 11.3 Å². The van der Waals surface area contributed by atoms with Crippen LogP contribution in [0.4, 0.5) is 14.9 Å². The molecule has 0 aliphatic carbocycles. The third-order valence-corrected chi connectivity index (χ3v) is 2.62. The standard InChI is InChI=1S/C13H17FN2O4/c1-8(6-7-20-2)15-13(19)16-11-9(12(17)18)4-3-5-10(11)14/h3-5,8H,6-7H2,1-2H3,(H,17,18)(H2,15,16,19). The lowest BCUT2D eigenvalue weighted by molar-refractivity contribution is 0.0697. The van der Waals surface area contributed by atoms with Crippen molar-refractivity contribution in [3.63, 3.8) is 0 Å². The summed E-state index contributed by atoms with van der Waals surface area (Å²) in [6, 6.07) is 2.71. The average Bonchev–Trinajstić information content (AvgIpc) is 2.38. The van der Waals surface area contributed by atoms with E-state index >= 15 is 0 Å². The maximum Gasteiger partial charge on any atom is 0.337 e. The molecule has 20 heavy (non-hydrogen) atoms. The lowest BCUT2D eigenvalue weighted by Gasteiger charge is -2.15. The fourth-order valence-corrected chi connectivity index (χ4v) is 1.57. The Morgan fingerprint density at radius 3 is 2.75 bits per heavy atom. The van der Waals surface area contributed by atoms with Crippen LogP contribution in [0.15, 0.2) is 18.2 Å². The van der Waals surface area contributed by atoms with Gasteiger partial charge in [-0.15, -0.1) is 0 Å². The Morgan fingerprint density at radius 2 is 2.15 bits per heavy atom. The van der Waals surface area contributed by atoms with E-state index in [1.807, 2.05) is 0 Å². The number of para-hydroxylation sites is 1. The molecule has 3 N–H and O–H groups in total. The van der Waals surface area contributed by atoms with E-state index in [1.54, 1.807) is 14.0 Å². The molecule has 7 heteroatoms. The molecule has 1 aromatic rings. The summed E-state index contributed by atoms with van der Waals surface area (Å²) in [5, 5.41) is 13.7. The van der Waals surface area contributed by atoms with Crippen LogP contribution in [0.25, 0.3) is 0 Å². The second-order valence-corrected chi connectivity index (χ2v) is 4.25. The number of benzene rings is 1. The normalized spacial score (nSPS) is 11.8. The zero-order valence-electron chi connectivity index (χ0n) is 11.3. The second kappa shape index (κ2) is 7.44. The Bertz CT molecular complexity index is 493. The fraction of sp³-hybridized carbons (Fsp3) is 0.385. The fourth-order valence-electron chi connectivity index (χ4n) is 1.57. The summed E-state index contributed by atoms with van der Waals surface area (Å²) in [7, 11) is 1.55. The zero-order valence-corrected chi connectivity index (χ0v) is 11.3. The van der Waals surface area contributed by atoms with Crippen molar-refractivity contribution >= 4 is 17.7 Å². The number of carboxylic acid groups (broad SMARTS) is 1. The van der Waals surface area contributed by atoms with E-state index in [4.69, 9.17) is 9.84 Å². The van der Waals surface area contributed by atoms with Gasteiger partial charge < -0.3 is 20.5 Å². The number of carbonyl (C=O) groups excluding carboxylic acids is 1. The van der Waals surface area contributed by atoms with Gasteiger partial charge in [0, 0.05) is 19.8 Å². The first kappa shape index (κ1) is 15.9. The van der Waals surface area contributed by atoms with Gasteiger partial charge in [0.15, 0.2) is 0 Å². The molecule has 0 aromatic heterocycles. The predicted molar refractivity (Wildman–Crippen MR) is 71.5 cm³/mol. The van der Waals surface area contributed by atoms with Crippen LogP contribution >= 0.6 is 0 Å². The Morgan fingerprint density at radius 1 is 1.45 bits per heavy atom. The van der Waals surface area contributed by atoms with Crippen molar-refractivity contribution in [3.05, 3.63) is 29.6 Å². The van der Waals surface area contributed by atoms with Gasteiger partial charge in [0.25, 0.3) is 0 Å². The van der Waals surface area contributed by atoms with E-state index in [2.05, 4.69) is 10.6 Å². The van der Waals surface area contributed by atoms with Crippen LogP contribution < -0.4 is 10.6 Å². The first-order valence-corrected chi connectivity index (χ1v) is 6.04. The molecule has 0 spiro atoms. The Hall–Kier alpha value is -2.15. The van der Waals surface area contributed by atoms with Gasteiger partial charge >= 0.3 is 12.0 Å². The third-order valence-electron chi connectivity index (χ3n) is 2.62. The summed E-state index contributed by atoms with van der Waals surface area (Å²) >= 11 is 0. The van der Waals surface area contributed by atoms with Gasteiger partial charge in [-0.1, -0.05) is 6.07 Å². The monoisotopic (exact) mass is 284 g/mol. The molecule has 1 atom stereocenters. The van der Waals surface area contributed by atoms with Gasteiger partial charge in [-0.25, -0.2) is 14.0 Å². The summed E-state index contributed by atoms with van der Waals surface area (Å²) in [5.41, 5.74) is -0.652. The Kier molecular flexibility index (Phi) is 5.92. The van der Waals surface area contributed by atoms with Crippen LogP contribution in [0.3, 0.4) is 0 Å². The summed E-state index contributed by atoms with van der Waals surface area (Å²) in [4.78, 5) is 22.7. The highest BCUT2D eigenvalue weighted by Crippen LogP contribution is 2.19. The molecule has 2 amide bonds. The number of nitrogens with one attached hydrogen (secondary N) is 2. The van der Waals surface area contributed by atoms with Gasteiger partial charge in [-0.3, -0.25) is 0 Å². The van der Waals surface area contributed by atoms with E-state index in [9.17, 15) is 14.0 Å². The molecule has 1 aromatic carbocycles. The lowest BCUT2D eigenvalue weighted by atomic mass is 10.1. The molecule has 6 nitrogen and oxygen atoms in total. The molecule has 0 radical (unpaired) electrons. The van der Waals surface area contributed by atoms with Gasteiger partial charge in [-0.05, 0) is 25.5 Å².